The van der Waals surface area contributed by atoms with Crippen LogP contribution in [0.2, 0.25) is 0 Å². The molecule has 2 nitrogen and oxygen atoms in total. The second kappa shape index (κ2) is 4.91. The fraction of sp³-hybridized carbons (Fsp3) is 0.462. The van der Waals surface area contributed by atoms with Gasteiger partial charge in [0, 0.05) is 24.8 Å². The molecule has 1 aromatic rings. The summed E-state index contributed by atoms with van der Waals surface area (Å²) >= 11 is 4.18. The molecule has 0 N–H and O–H groups in total. The highest BCUT2D eigenvalue weighted by atomic mass is 32.1. The summed E-state index contributed by atoms with van der Waals surface area (Å²) in [5, 5.41) is 0. The van der Waals surface area contributed by atoms with E-state index in [1.165, 1.54) is 11.1 Å². The highest BCUT2D eigenvalue weighted by Gasteiger charge is 2.23. The van der Waals surface area contributed by atoms with Crippen LogP contribution in [0.25, 0.3) is 0 Å². The molecule has 0 saturated carbocycles. The highest BCUT2D eigenvalue weighted by Crippen LogP contribution is 2.20. The lowest BCUT2D eigenvalue weighted by atomic mass is 9.99. The van der Waals surface area contributed by atoms with E-state index in [1.807, 2.05) is 17.9 Å². The van der Waals surface area contributed by atoms with E-state index >= 15 is 0 Å². The number of nitrogens with zero attached hydrogens (tertiary/aromatic N) is 1. The molecule has 1 aromatic carbocycles. The van der Waals surface area contributed by atoms with Gasteiger partial charge >= 0.3 is 0 Å². The van der Waals surface area contributed by atoms with Crippen molar-refractivity contribution in [1.29, 1.82) is 0 Å². The second-order valence-corrected chi connectivity index (χ2v) is 4.73. The molecule has 0 aliphatic carbocycles. The Hall–Kier alpha value is -0.960. The molecule has 1 aliphatic heterocycles. The van der Waals surface area contributed by atoms with Crippen molar-refractivity contribution in [3.63, 3.8) is 0 Å². The van der Waals surface area contributed by atoms with Crippen molar-refractivity contribution >= 4 is 18.5 Å². The third-order valence-electron chi connectivity index (χ3n) is 3.14. The predicted molar refractivity (Wildman–Crippen MR) is 68.6 cm³/mol. The van der Waals surface area contributed by atoms with Gasteiger partial charge in [-0.25, -0.2) is 0 Å². The highest BCUT2D eigenvalue weighted by molar-refractivity contribution is 7.80. The number of hydrogen-bond donors (Lipinski definition) is 1. The summed E-state index contributed by atoms with van der Waals surface area (Å²) in [5.74, 6) is 0.870. The molecule has 0 fully saturated rings. The normalized spacial score (nSPS) is 16.8. The quantitative estimate of drug-likeness (QED) is 0.779. The molecule has 86 valence electrons. The van der Waals surface area contributed by atoms with Crippen LogP contribution in [0.5, 0.6) is 0 Å². The number of thiol groups is 1. The summed E-state index contributed by atoms with van der Waals surface area (Å²) in [6.07, 6.45) is 0.973. The number of rotatable bonds is 2. The molecule has 0 radical (unpaired) electrons. The molecular weight excluding hydrogens is 218 g/mol. The Morgan fingerprint density at radius 1 is 1.44 bits per heavy atom. The van der Waals surface area contributed by atoms with E-state index in [0.29, 0.717) is 5.75 Å². The SMILES string of the molecule is C[C@@H](CS)C(=O)N1CCc2ccccc2C1. The zero-order valence-corrected chi connectivity index (χ0v) is 10.4. The molecule has 1 aliphatic rings. The predicted octanol–water partition coefficient (Wildman–Crippen LogP) is 2.14. The number of hydrogen-bond acceptors (Lipinski definition) is 2. The van der Waals surface area contributed by atoms with E-state index < -0.39 is 0 Å². The van der Waals surface area contributed by atoms with E-state index in [2.05, 4.69) is 30.8 Å². The van der Waals surface area contributed by atoms with Crippen molar-refractivity contribution in [2.45, 2.75) is 19.9 Å². The fourth-order valence-electron chi connectivity index (χ4n) is 2.07. The van der Waals surface area contributed by atoms with Crippen LogP contribution in [0.3, 0.4) is 0 Å². The minimum absolute atomic E-state index is 0.0218. The molecule has 1 atom stereocenters. The van der Waals surface area contributed by atoms with Gasteiger partial charge in [0.2, 0.25) is 5.91 Å². The van der Waals surface area contributed by atoms with Gasteiger partial charge in [-0.2, -0.15) is 12.6 Å². The van der Waals surface area contributed by atoms with E-state index in [-0.39, 0.29) is 11.8 Å². The van der Waals surface area contributed by atoms with Crippen molar-refractivity contribution < 1.29 is 4.79 Å². The molecule has 1 heterocycles. The average Bonchev–Trinajstić information content (AvgIpc) is 2.36. The third kappa shape index (κ3) is 2.24. The molecule has 2 rings (SSSR count). The van der Waals surface area contributed by atoms with E-state index in [4.69, 9.17) is 0 Å². The van der Waals surface area contributed by atoms with Crippen LogP contribution in [-0.2, 0) is 17.8 Å². The molecule has 0 bridgehead atoms. The van der Waals surface area contributed by atoms with Crippen molar-refractivity contribution in [1.82, 2.24) is 4.90 Å². The second-order valence-electron chi connectivity index (χ2n) is 4.36. The van der Waals surface area contributed by atoms with Crippen LogP contribution < -0.4 is 0 Å². The van der Waals surface area contributed by atoms with Gasteiger partial charge in [0.15, 0.2) is 0 Å². The molecule has 16 heavy (non-hydrogen) atoms. The van der Waals surface area contributed by atoms with Crippen LogP contribution in [0.1, 0.15) is 18.1 Å². The maximum absolute atomic E-state index is 12.0. The first kappa shape index (κ1) is 11.5. The van der Waals surface area contributed by atoms with Gasteiger partial charge in [0.05, 0.1) is 0 Å². The smallest absolute Gasteiger partial charge is 0.226 e. The summed E-state index contributed by atoms with van der Waals surface area (Å²) < 4.78 is 0. The van der Waals surface area contributed by atoms with Crippen molar-refractivity contribution in [3.05, 3.63) is 35.4 Å². The Balaban J connectivity index is 2.11. The van der Waals surface area contributed by atoms with Gasteiger partial charge in [-0.3, -0.25) is 4.79 Å². The monoisotopic (exact) mass is 235 g/mol. The lowest BCUT2D eigenvalue weighted by molar-refractivity contribution is -0.135. The number of carbonyl (C=O) groups excluding carboxylic acids is 1. The van der Waals surface area contributed by atoms with Crippen LogP contribution in [0, 0.1) is 5.92 Å². The summed E-state index contributed by atoms with van der Waals surface area (Å²) in [4.78, 5) is 14.0. The van der Waals surface area contributed by atoms with Crippen LogP contribution in [-0.4, -0.2) is 23.1 Å². The maximum atomic E-state index is 12.0. The van der Waals surface area contributed by atoms with Crippen molar-refractivity contribution in [2.75, 3.05) is 12.3 Å². The van der Waals surface area contributed by atoms with Crippen molar-refractivity contribution in [3.8, 4) is 0 Å². The Morgan fingerprint density at radius 2 is 2.12 bits per heavy atom. The molecule has 3 heteroatoms. The fourth-order valence-corrected chi connectivity index (χ4v) is 2.23. The first-order valence-electron chi connectivity index (χ1n) is 5.69. The van der Waals surface area contributed by atoms with Gasteiger partial charge < -0.3 is 4.90 Å². The topological polar surface area (TPSA) is 20.3 Å². The number of carbonyl (C=O) groups is 1. The Bertz CT molecular complexity index is 391. The summed E-state index contributed by atoms with van der Waals surface area (Å²) in [5.41, 5.74) is 2.67. The standard InChI is InChI=1S/C13H17NOS/c1-10(9-16)13(15)14-7-6-11-4-2-3-5-12(11)8-14/h2-5,10,16H,6-9H2,1H3/t10-/m0/s1. The van der Waals surface area contributed by atoms with Crippen LogP contribution >= 0.6 is 12.6 Å². The van der Waals surface area contributed by atoms with Crippen LogP contribution in [0.15, 0.2) is 24.3 Å². The number of benzene rings is 1. The minimum atomic E-state index is 0.0218. The van der Waals surface area contributed by atoms with Gasteiger partial charge in [-0.05, 0) is 17.5 Å². The minimum Gasteiger partial charge on any atom is -0.338 e. The van der Waals surface area contributed by atoms with Gasteiger partial charge in [-0.1, -0.05) is 31.2 Å². The largest absolute Gasteiger partial charge is 0.338 e. The molecule has 0 spiro atoms. The van der Waals surface area contributed by atoms with E-state index in [0.717, 1.165) is 19.5 Å². The molecular formula is C13H17NOS. The average molecular weight is 235 g/mol. The van der Waals surface area contributed by atoms with Gasteiger partial charge in [0.25, 0.3) is 0 Å². The molecule has 0 saturated heterocycles. The van der Waals surface area contributed by atoms with E-state index in [9.17, 15) is 4.79 Å². The first-order chi connectivity index (χ1) is 7.72. The summed E-state index contributed by atoms with van der Waals surface area (Å²) in [6, 6.07) is 8.36. The molecule has 1 amide bonds. The molecule has 0 unspecified atom stereocenters. The maximum Gasteiger partial charge on any atom is 0.226 e. The van der Waals surface area contributed by atoms with Crippen molar-refractivity contribution in [2.24, 2.45) is 5.92 Å². The van der Waals surface area contributed by atoms with E-state index in [1.54, 1.807) is 0 Å². The lowest BCUT2D eigenvalue weighted by Crippen LogP contribution is -2.39. The molecule has 0 aromatic heterocycles. The Morgan fingerprint density at radius 3 is 2.81 bits per heavy atom. The first-order valence-corrected chi connectivity index (χ1v) is 6.32. The van der Waals surface area contributed by atoms with Crippen LogP contribution in [0.4, 0.5) is 0 Å². The lowest BCUT2D eigenvalue weighted by Gasteiger charge is -2.30. The Kier molecular flexibility index (Phi) is 3.54. The number of amides is 1. The Labute approximate surface area is 102 Å². The van der Waals surface area contributed by atoms with Gasteiger partial charge in [-0.15, -0.1) is 0 Å². The summed E-state index contributed by atoms with van der Waals surface area (Å²) in [6.45, 7) is 3.54. The third-order valence-corrected chi connectivity index (χ3v) is 3.69. The van der Waals surface area contributed by atoms with Gasteiger partial charge in [0.1, 0.15) is 0 Å². The zero-order valence-electron chi connectivity index (χ0n) is 9.52. The number of fused-ring (bicyclic) bond motifs is 1. The zero-order chi connectivity index (χ0) is 11.5. The summed E-state index contributed by atoms with van der Waals surface area (Å²) in [7, 11) is 0.